The van der Waals surface area contributed by atoms with Crippen molar-refractivity contribution in [2.75, 3.05) is 7.11 Å². The van der Waals surface area contributed by atoms with Crippen molar-refractivity contribution in [2.24, 2.45) is 0 Å². The molecule has 0 heterocycles. The standard InChI is InChI=1S/C20H22O3.C6H6O2/c1-20(2,3)16-9-5-14(6-10-16)18(21)13-19(22)15-7-11-17(23-4)12-8-15;7-5-1-2-6(8)4-3-5/h5-12H,13H2,1-4H3;1-4,7-8H. The van der Waals surface area contributed by atoms with Crippen molar-refractivity contribution in [1.29, 1.82) is 0 Å². The van der Waals surface area contributed by atoms with Crippen LogP contribution in [0.3, 0.4) is 0 Å². The van der Waals surface area contributed by atoms with E-state index >= 15 is 0 Å². The van der Waals surface area contributed by atoms with Gasteiger partial charge in [-0.1, -0.05) is 45.0 Å². The molecule has 0 aliphatic rings. The van der Waals surface area contributed by atoms with Gasteiger partial charge >= 0.3 is 0 Å². The molecule has 5 heteroatoms. The minimum absolute atomic E-state index is 0.0422. The van der Waals surface area contributed by atoms with Crippen molar-refractivity contribution in [1.82, 2.24) is 0 Å². The van der Waals surface area contributed by atoms with E-state index in [0.717, 1.165) is 5.56 Å². The summed E-state index contributed by atoms with van der Waals surface area (Å²) in [5.41, 5.74) is 2.29. The summed E-state index contributed by atoms with van der Waals surface area (Å²) in [7, 11) is 1.57. The highest BCUT2D eigenvalue weighted by atomic mass is 16.5. The summed E-state index contributed by atoms with van der Waals surface area (Å²) in [6.07, 6.45) is -0.124. The zero-order chi connectivity index (χ0) is 23.0. The molecule has 0 saturated heterocycles. The van der Waals surface area contributed by atoms with Crippen LogP contribution in [0.4, 0.5) is 0 Å². The normalized spacial score (nSPS) is 10.6. The third-order valence-corrected chi connectivity index (χ3v) is 4.66. The van der Waals surface area contributed by atoms with Gasteiger partial charge in [0.1, 0.15) is 17.2 Å². The number of Topliss-reactive ketones (excluding diaryl/α,β-unsaturated/α-hetero) is 2. The molecule has 0 aromatic heterocycles. The van der Waals surface area contributed by atoms with E-state index in [9.17, 15) is 9.59 Å². The summed E-state index contributed by atoms with van der Waals surface area (Å²) in [6, 6.07) is 20.0. The highest BCUT2D eigenvalue weighted by Gasteiger charge is 2.16. The Morgan fingerprint density at radius 2 is 1.10 bits per heavy atom. The third-order valence-electron chi connectivity index (χ3n) is 4.66. The van der Waals surface area contributed by atoms with E-state index in [-0.39, 0.29) is 34.9 Å². The van der Waals surface area contributed by atoms with Crippen molar-refractivity contribution in [2.45, 2.75) is 32.6 Å². The fourth-order valence-corrected chi connectivity index (χ4v) is 2.74. The molecule has 3 aromatic rings. The van der Waals surface area contributed by atoms with Gasteiger partial charge in [-0.3, -0.25) is 9.59 Å². The van der Waals surface area contributed by atoms with Crippen molar-refractivity contribution in [3.05, 3.63) is 89.5 Å². The second kappa shape index (κ2) is 10.4. The van der Waals surface area contributed by atoms with E-state index in [2.05, 4.69) is 20.8 Å². The van der Waals surface area contributed by atoms with E-state index in [1.807, 2.05) is 12.1 Å². The number of rotatable bonds is 5. The number of hydrogen-bond donors (Lipinski definition) is 2. The lowest BCUT2D eigenvalue weighted by atomic mass is 9.86. The molecule has 0 radical (unpaired) electrons. The van der Waals surface area contributed by atoms with Crippen molar-refractivity contribution in [3.63, 3.8) is 0 Å². The van der Waals surface area contributed by atoms with Gasteiger partial charge < -0.3 is 14.9 Å². The number of phenols is 2. The average molecular weight is 421 g/mol. The summed E-state index contributed by atoms with van der Waals surface area (Å²) in [5.74, 6) is 0.681. The van der Waals surface area contributed by atoms with Gasteiger partial charge in [-0.2, -0.15) is 0 Å². The maximum absolute atomic E-state index is 12.3. The Bertz CT molecular complexity index is 975. The molecule has 162 valence electrons. The van der Waals surface area contributed by atoms with E-state index in [1.54, 1.807) is 43.5 Å². The largest absolute Gasteiger partial charge is 0.508 e. The van der Waals surface area contributed by atoms with Crippen molar-refractivity contribution < 1.29 is 24.5 Å². The predicted molar refractivity (Wildman–Crippen MR) is 121 cm³/mol. The fraction of sp³-hybridized carbons (Fsp3) is 0.231. The number of hydrogen-bond acceptors (Lipinski definition) is 5. The molecule has 31 heavy (non-hydrogen) atoms. The molecule has 0 spiro atoms. The first kappa shape index (κ1) is 23.7. The fourth-order valence-electron chi connectivity index (χ4n) is 2.74. The topological polar surface area (TPSA) is 83.8 Å². The Morgan fingerprint density at radius 1 is 0.710 bits per heavy atom. The molecule has 0 fully saturated rings. The van der Waals surface area contributed by atoms with Gasteiger partial charge in [0.15, 0.2) is 11.6 Å². The molecule has 0 aliphatic carbocycles. The zero-order valence-corrected chi connectivity index (χ0v) is 18.3. The van der Waals surface area contributed by atoms with Gasteiger partial charge in [-0.05, 0) is 59.5 Å². The van der Waals surface area contributed by atoms with Crippen LogP contribution in [0.25, 0.3) is 0 Å². The van der Waals surface area contributed by atoms with Crippen molar-refractivity contribution in [3.8, 4) is 17.2 Å². The number of phenolic OH excluding ortho intramolecular Hbond substituents is 2. The molecule has 0 atom stereocenters. The molecule has 0 amide bonds. The first-order chi connectivity index (χ1) is 14.6. The van der Waals surface area contributed by atoms with Gasteiger partial charge in [0, 0.05) is 11.1 Å². The number of carbonyl (C=O) groups is 2. The molecule has 0 saturated carbocycles. The summed E-state index contributed by atoms with van der Waals surface area (Å²) in [5, 5.41) is 17.3. The smallest absolute Gasteiger partial charge is 0.170 e. The van der Waals surface area contributed by atoms with Crippen LogP contribution in [-0.4, -0.2) is 28.9 Å². The van der Waals surface area contributed by atoms with Crippen molar-refractivity contribution >= 4 is 11.6 Å². The lowest BCUT2D eigenvalue weighted by Gasteiger charge is -2.18. The summed E-state index contributed by atoms with van der Waals surface area (Å²) >= 11 is 0. The third kappa shape index (κ3) is 7.30. The molecule has 0 aliphatic heterocycles. The van der Waals surface area contributed by atoms with E-state index in [0.29, 0.717) is 16.9 Å². The Kier molecular flexibility index (Phi) is 7.97. The SMILES string of the molecule is COc1ccc(C(=O)CC(=O)c2ccc(C(C)(C)C)cc2)cc1.Oc1ccc(O)cc1. The monoisotopic (exact) mass is 420 g/mol. The number of benzene rings is 3. The zero-order valence-electron chi connectivity index (χ0n) is 18.3. The highest BCUT2D eigenvalue weighted by Crippen LogP contribution is 2.23. The second-order valence-corrected chi connectivity index (χ2v) is 8.10. The number of aromatic hydroxyl groups is 2. The van der Waals surface area contributed by atoms with Gasteiger partial charge in [-0.15, -0.1) is 0 Å². The maximum atomic E-state index is 12.3. The Hall–Kier alpha value is -3.60. The second-order valence-electron chi connectivity index (χ2n) is 8.10. The quantitative estimate of drug-likeness (QED) is 0.321. The first-order valence-corrected chi connectivity index (χ1v) is 9.89. The van der Waals surface area contributed by atoms with Crippen LogP contribution in [0.5, 0.6) is 17.2 Å². The van der Waals surface area contributed by atoms with Gasteiger partial charge in [0.25, 0.3) is 0 Å². The summed E-state index contributed by atoms with van der Waals surface area (Å²) < 4.78 is 5.06. The van der Waals surface area contributed by atoms with E-state index in [4.69, 9.17) is 14.9 Å². The molecule has 2 N–H and O–H groups in total. The van der Waals surface area contributed by atoms with Crippen LogP contribution in [0.1, 0.15) is 53.5 Å². The first-order valence-electron chi connectivity index (χ1n) is 9.89. The Labute approximate surface area is 182 Å². The number of carbonyl (C=O) groups excluding carboxylic acids is 2. The van der Waals surface area contributed by atoms with Crippen LogP contribution >= 0.6 is 0 Å². The number of methoxy groups -OCH3 is 1. The molecular formula is C26H28O5. The summed E-state index contributed by atoms with van der Waals surface area (Å²) in [4.78, 5) is 24.5. The van der Waals surface area contributed by atoms with Crippen LogP contribution in [-0.2, 0) is 5.41 Å². The molecule has 3 aromatic carbocycles. The molecule has 3 rings (SSSR count). The van der Waals surface area contributed by atoms with Gasteiger partial charge in [0.2, 0.25) is 0 Å². The van der Waals surface area contributed by atoms with Crippen LogP contribution in [0.15, 0.2) is 72.8 Å². The highest BCUT2D eigenvalue weighted by molar-refractivity contribution is 6.13. The Balaban J connectivity index is 0.000000357. The lowest BCUT2D eigenvalue weighted by Crippen LogP contribution is -2.12. The average Bonchev–Trinajstić information content (AvgIpc) is 2.75. The molecule has 0 unspecified atom stereocenters. The van der Waals surface area contributed by atoms with Crippen LogP contribution in [0, 0.1) is 0 Å². The van der Waals surface area contributed by atoms with Gasteiger partial charge in [0.05, 0.1) is 13.5 Å². The van der Waals surface area contributed by atoms with Gasteiger partial charge in [-0.25, -0.2) is 0 Å². The maximum Gasteiger partial charge on any atom is 0.170 e. The minimum atomic E-state index is -0.183. The van der Waals surface area contributed by atoms with E-state index in [1.165, 1.54) is 24.3 Å². The minimum Gasteiger partial charge on any atom is -0.508 e. The van der Waals surface area contributed by atoms with Crippen LogP contribution < -0.4 is 4.74 Å². The van der Waals surface area contributed by atoms with Crippen LogP contribution in [0.2, 0.25) is 0 Å². The van der Waals surface area contributed by atoms with E-state index < -0.39 is 0 Å². The Morgan fingerprint density at radius 3 is 1.45 bits per heavy atom. The molecule has 5 nitrogen and oxygen atoms in total. The molecular weight excluding hydrogens is 392 g/mol. The molecule has 0 bridgehead atoms. The predicted octanol–water partition coefficient (Wildman–Crippen LogP) is 5.55. The summed E-state index contributed by atoms with van der Waals surface area (Å²) in [6.45, 7) is 6.37. The number of ether oxygens (including phenoxy) is 1. The lowest BCUT2D eigenvalue weighted by molar-refractivity contribution is 0.0894. The number of ketones is 2.